The highest BCUT2D eigenvalue weighted by Gasteiger charge is 2.46. The number of amides is 1. The average molecular weight is 493 g/mol. The number of aliphatic hydroxyl groups is 1. The van der Waals surface area contributed by atoms with Crippen molar-refractivity contribution in [1.29, 1.82) is 0 Å². The van der Waals surface area contributed by atoms with E-state index in [1.165, 1.54) is 12.0 Å². The Morgan fingerprint density at radius 3 is 2.54 bits per heavy atom. The SMILES string of the molecule is CCCOc1ccc([C@@H]2C(=C(O)c3ccc(Cl)cc3)C(=O)C(=O)N2Cc2cccnc2)cc1OC. The lowest BCUT2D eigenvalue weighted by molar-refractivity contribution is -0.140. The Labute approximate surface area is 208 Å². The van der Waals surface area contributed by atoms with Crippen LogP contribution in [0.5, 0.6) is 11.5 Å². The third-order valence-corrected chi connectivity index (χ3v) is 5.95. The summed E-state index contributed by atoms with van der Waals surface area (Å²) in [7, 11) is 1.53. The molecule has 8 heteroatoms. The number of ketones is 1. The number of rotatable bonds is 8. The first-order chi connectivity index (χ1) is 16.9. The molecule has 0 saturated carbocycles. The third-order valence-electron chi connectivity index (χ3n) is 5.70. The predicted molar refractivity (Wildman–Crippen MR) is 132 cm³/mol. The molecule has 2 aromatic carbocycles. The summed E-state index contributed by atoms with van der Waals surface area (Å²) in [6.07, 6.45) is 4.10. The quantitative estimate of drug-likeness (QED) is 0.265. The molecule has 35 heavy (non-hydrogen) atoms. The molecule has 1 atom stereocenters. The number of benzene rings is 2. The van der Waals surface area contributed by atoms with Crippen molar-refractivity contribution in [3.8, 4) is 11.5 Å². The minimum atomic E-state index is -0.847. The van der Waals surface area contributed by atoms with Gasteiger partial charge >= 0.3 is 0 Å². The molecule has 0 bridgehead atoms. The lowest BCUT2D eigenvalue weighted by Gasteiger charge is -2.26. The first-order valence-electron chi connectivity index (χ1n) is 11.2. The molecule has 1 fully saturated rings. The number of aliphatic hydroxyl groups excluding tert-OH is 1. The Bertz CT molecular complexity index is 1260. The van der Waals surface area contributed by atoms with Crippen molar-refractivity contribution in [3.63, 3.8) is 0 Å². The van der Waals surface area contributed by atoms with E-state index in [4.69, 9.17) is 21.1 Å². The van der Waals surface area contributed by atoms with Gasteiger partial charge in [0.15, 0.2) is 11.5 Å². The van der Waals surface area contributed by atoms with E-state index < -0.39 is 17.7 Å². The second-order valence-electron chi connectivity index (χ2n) is 8.05. The number of pyridine rings is 1. The van der Waals surface area contributed by atoms with Gasteiger partial charge in [0.1, 0.15) is 5.76 Å². The number of carbonyl (C=O) groups is 2. The van der Waals surface area contributed by atoms with Gasteiger partial charge in [-0.05, 0) is 60.0 Å². The van der Waals surface area contributed by atoms with Crippen LogP contribution < -0.4 is 9.47 Å². The van der Waals surface area contributed by atoms with Crippen LogP contribution >= 0.6 is 11.6 Å². The number of Topliss-reactive ketones (excluding diaryl/α,β-unsaturated/α-hetero) is 1. The van der Waals surface area contributed by atoms with E-state index in [1.807, 2.05) is 13.0 Å². The Morgan fingerprint density at radius 1 is 1.11 bits per heavy atom. The second-order valence-corrected chi connectivity index (χ2v) is 8.49. The van der Waals surface area contributed by atoms with Crippen LogP contribution in [-0.2, 0) is 16.1 Å². The molecule has 0 aliphatic carbocycles. The largest absolute Gasteiger partial charge is 0.507 e. The minimum Gasteiger partial charge on any atom is -0.507 e. The molecule has 1 aromatic heterocycles. The van der Waals surface area contributed by atoms with Gasteiger partial charge in [-0.3, -0.25) is 14.6 Å². The molecule has 4 rings (SSSR count). The highest BCUT2D eigenvalue weighted by Crippen LogP contribution is 2.42. The van der Waals surface area contributed by atoms with Gasteiger partial charge in [0.05, 0.1) is 25.3 Å². The molecule has 1 amide bonds. The molecule has 0 radical (unpaired) electrons. The van der Waals surface area contributed by atoms with Crippen LogP contribution in [0.15, 0.2) is 72.6 Å². The number of methoxy groups -OCH3 is 1. The zero-order valence-corrected chi connectivity index (χ0v) is 20.2. The van der Waals surface area contributed by atoms with E-state index >= 15 is 0 Å². The monoisotopic (exact) mass is 492 g/mol. The van der Waals surface area contributed by atoms with E-state index in [1.54, 1.807) is 60.9 Å². The summed E-state index contributed by atoms with van der Waals surface area (Å²) in [6.45, 7) is 2.66. The third kappa shape index (κ3) is 5.00. The van der Waals surface area contributed by atoms with Crippen LogP contribution in [0.4, 0.5) is 0 Å². The molecule has 2 heterocycles. The first kappa shape index (κ1) is 24.3. The average Bonchev–Trinajstić information content (AvgIpc) is 3.13. The summed E-state index contributed by atoms with van der Waals surface area (Å²) < 4.78 is 11.3. The van der Waals surface area contributed by atoms with Gasteiger partial charge in [-0.2, -0.15) is 0 Å². The molecule has 180 valence electrons. The summed E-state index contributed by atoms with van der Waals surface area (Å²) in [5, 5.41) is 11.7. The number of carbonyl (C=O) groups excluding carboxylic acids is 2. The number of ether oxygens (including phenoxy) is 2. The molecule has 7 nitrogen and oxygen atoms in total. The summed E-state index contributed by atoms with van der Waals surface area (Å²) >= 11 is 5.99. The smallest absolute Gasteiger partial charge is 0.295 e. The van der Waals surface area contributed by atoms with Gasteiger partial charge in [-0.1, -0.05) is 30.7 Å². The number of halogens is 1. The zero-order valence-electron chi connectivity index (χ0n) is 19.4. The Kier molecular flexibility index (Phi) is 7.36. The van der Waals surface area contributed by atoms with Crippen molar-refractivity contribution in [2.45, 2.75) is 25.9 Å². The van der Waals surface area contributed by atoms with Crippen molar-refractivity contribution in [2.24, 2.45) is 0 Å². The summed E-state index contributed by atoms with van der Waals surface area (Å²) in [5.74, 6) is -0.727. The van der Waals surface area contributed by atoms with E-state index in [0.29, 0.717) is 34.3 Å². The van der Waals surface area contributed by atoms with E-state index in [9.17, 15) is 14.7 Å². The maximum absolute atomic E-state index is 13.2. The van der Waals surface area contributed by atoms with Crippen molar-refractivity contribution >= 4 is 29.1 Å². The van der Waals surface area contributed by atoms with Crippen LogP contribution in [-0.4, -0.2) is 40.4 Å². The summed E-state index contributed by atoms with van der Waals surface area (Å²) in [4.78, 5) is 32.0. The zero-order chi connectivity index (χ0) is 24.9. The minimum absolute atomic E-state index is 0.00880. The fourth-order valence-corrected chi connectivity index (χ4v) is 4.15. The van der Waals surface area contributed by atoms with Crippen molar-refractivity contribution in [3.05, 3.63) is 94.3 Å². The molecule has 3 aromatic rings. The maximum Gasteiger partial charge on any atom is 0.295 e. The van der Waals surface area contributed by atoms with Crippen LogP contribution in [0.3, 0.4) is 0 Å². The summed E-state index contributed by atoms with van der Waals surface area (Å²) in [5.41, 5.74) is 1.73. The number of hydrogen-bond donors (Lipinski definition) is 1. The van der Waals surface area contributed by atoms with E-state index in [2.05, 4.69) is 4.98 Å². The van der Waals surface area contributed by atoms with Crippen molar-refractivity contribution in [1.82, 2.24) is 9.88 Å². The lowest BCUT2D eigenvalue weighted by atomic mass is 9.95. The fraction of sp³-hybridized carbons (Fsp3) is 0.222. The van der Waals surface area contributed by atoms with Crippen LogP contribution in [0, 0.1) is 0 Å². The number of nitrogens with zero attached hydrogens (tertiary/aromatic N) is 2. The second kappa shape index (κ2) is 10.6. The molecule has 1 aliphatic rings. The molecule has 1 N–H and O–H groups in total. The summed E-state index contributed by atoms with van der Waals surface area (Å²) in [6, 6.07) is 14.4. The van der Waals surface area contributed by atoms with Crippen LogP contribution in [0.2, 0.25) is 5.02 Å². The highest BCUT2D eigenvalue weighted by molar-refractivity contribution is 6.46. The van der Waals surface area contributed by atoms with Gasteiger partial charge in [0.2, 0.25) is 0 Å². The number of likely N-dealkylation sites (tertiary alicyclic amines) is 1. The first-order valence-corrected chi connectivity index (χ1v) is 11.6. The van der Waals surface area contributed by atoms with Crippen LogP contribution in [0.1, 0.15) is 36.1 Å². The molecule has 0 spiro atoms. The predicted octanol–water partition coefficient (Wildman–Crippen LogP) is 5.15. The molecule has 1 aliphatic heterocycles. The number of aromatic nitrogens is 1. The van der Waals surface area contributed by atoms with Gasteiger partial charge in [-0.25, -0.2) is 0 Å². The standard InChI is InChI=1S/C27H25ClN2O5/c1-3-13-35-21-11-8-19(14-22(21)34-2)24-23(25(31)18-6-9-20(28)10-7-18)26(32)27(33)30(24)16-17-5-4-12-29-15-17/h4-12,14-15,24,31H,3,13,16H2,1-2H3/t24-/m1/s1. The van der Waals surface area contributed by atoms with Crippen molar-refractivity contribution < 1.29 is 24.2 Å². The normalized spacial score (nSPS) is 17.0. The Balaban J connectivity index is 1.85. The highest BCUT2D eigenvalue weighted by atomic mass is 35.5. The van der Waals surface area contributed by atoms with E-state index in [0.717, 1.165) is 12.0 Å². The van der Waals surface area contributed by atoms with Crippen molar-refractivity contribution in [2.75, 3.05) is 13.7 Å². The number of hydrogen-bond acceptors (Lipinski definition) is 6. The molecular formula is C27H25ClN2O5. The van der Waals surface area contributed by atoms with Gasteiger partial charge < -0.3 is 19.5 Å². The fourth-order valence-electron chi connectivity index (χ4n) is 4.03. The molecule has 0 unspecified atom stereocenters. The Morgan fingerprint density at radius 2 is 1.89 bits per heavy atom. The van der Waals surface area contributed by atoms with Gasteiger partial charge in [-0.15, -0.1) is 0 Å². The van der Waals surface area contributed by atoms with Gasteiger partial charge in [0.25, 0.3) is 11.7 Å². The maximum atomic E-state index is 13.2. The van der Waals surface area contributed by atoms with Crippen LogP contribution in [0.25, 0.3) is 5.76 Å². The topological polar surface area (TPSA) is 89.0 Å². The van der Waals surface area contributed by atoms with Gasteiger partial charge in [0, 0.05) is 29.5 Å². The lowest BCUT2D eigenvalue weighted by Crippen LogP contribution is -2.29. The Hall–Kier alpha value is -3.84. The molecular weight excluding hydrogens is 468 g/mol. The molecule has 1 saturated heterocycles. The van der Waals surface area contributed by atoms with E-state index in [-0.39, 0.29) is 17.9 Å².